The lowest BCUT2D eigenvalue weighted by molar-refractivity contribution is -0.691. The summed E-state index contributed by atoms with van der Waals surface area (Å²) in [5.41, 5.74) is -7.53. The first kappa shape index (κ1) is 51.3. The Kier molecular flexibility index (Phi) is 13.5. The molecule has 7 aromatic carbocycles. The highest BCUT2D eigenvalue weighted by atomic mass is 19.2. The van der Waals surface area contributed by atoms with Crippen molar-refractivity contribution in [2.24, 2.45) is 0 Å². The molecule has 0 atom stereocenters. The molecule has 24 heteroatoms. The van der Waals surface area contributed by atoms with Crippen molar-refractivity contribution in [2.45, 2.75) is 12.5 Å². The van der Waals surface area contributed by atoms with E-state index in [1.165, 1.54) is 22.3 Å². The average Bonchev–Trinajstić information content (AvgIpc) is 3.73. The lowest BCUT2D eigenvalue weighted by atomic mass is 9.12. The average molecular weight is 1040 g/mol. The molecule has 1 aliphatic carbocycles. The molecule has 0 fully saturated rings. The third-order valence-electron chi connectivity index (χ3n) is 12.1. The molecule has 374 valence electrons. The summed E-state index contributed by atoms with van der Waals surface area (Å²) in [5, 5.41) is 0. The second kappa shape index (κ2) is 19.2. The zero-order valence-corrected chi connectivity index (χ0v) is 35.5. The lowest BCUT2D eigenvalue weighted by Crippen LogP contribution is -2.81. The maximum atomic E-state index is 15.4. The molecular weight excluding hydrogens is 1020 g/mol. The largest absolute Gasteiger partial charge is 0.287 e. The Morgan fingerprint density at radius 2 is 0.685 bits per heavy atom. The number of Topliss-reactive ketones (excluding diaryl/α,β-unsaturated/α-hetero) is 1. The zero-order valence-electron chi connectivity index (χ0n) is 35.5. The highest BCUT2D eigenvalue weighted by Crippen LogP contribution is 2.47. The van der Waals surface area contributed by atoms with Crippen molar-refractivity contribution in [1.82, 2.24) is 4.98 Å². The van der Waals surface area contributed by atoms with Gasteiger partial charge in [0.25, 0.3) is 0 Å². The molecule has 0 unspecified atom stereocenters. The summed E-state index contributed by atoms with van der Waals surface area (Å²) >= 11 is 0. The molecule has 3 nitrogen and oxygen atoms in total. The first-order chi connectivity index (χ1) is 34.5. The van der Waals surface area contributed by atoms with Gasteiger partial charge in [0.1, 0.15) is 52.7 Å². The van der Waals surface area contributed by atoms with Crippen molar-refractivity contribution in [3.63, 3.8) is 0 Å². The van der Waals surface area contributed by atoms with Gasteiger partial charge in [-0.2, -0.15) is 4.57 Å². The molecule has 0 bridgehead atoms. The van der Waals surface area contributed by atoms with E-state index in [1.807, 2.05) is 47.3 Å². The second-order valence-electron chi connectivity index (χ2n) is 15.8. The Bertz CT molecular complexity index is 3170. The van der Waals surface area contributed by atoms with Crippen LogP contribution >= 0.6 is 0 Å². The van der Waals surface area contributed by atoms with Crippen LogP contribution < -0.4 is 26.4 Å². The molecule has 0 N–H and O–H groups in total. The number of benzene rings is 7. The summed E-state index contributed by atoms with van der Waals surface area (Å²) in [6.45, 7) is 0.294. The number of hydrogen-bond donors (Lipinski definition) is 0. The SMILES string of the molecule is Fc1c(F)c(F)c([B-](c2c(F)c(F)c(F)c(F)c2F)(c2c(F)c(F)c(F)c(F)c2F)c2c(F)c(F)c(F)c(F)c2F)c(F)c1F.O=C(C[n+]1ccncc1C1c2ccccc2-c2ccccc21)c1ccccc1. The van der Waals surface area contributed by atoms with E-state index < -0.39 is 144 Å². The maximum absolute atomic E-state index is 15.4. The molecule has 0 amide bonds. The minimum Gasteiger partial charge on any atom is -0.287 e. The molecule has 0 aliphatic heterocycles. The predicted octanol–water partition coefficient (Wildman–Crippen LogP) is 10.3. The summed E-state index contributed by atoms with van der Waals surface area (Å²) in [6.07, 6.45) is -1.68. The molecule has 0 saturated carbocycles. The fourth-order valence-corrected chi connectivity index (χ4v) is 9.00. The number of carbonyl (C=O) groups is 1. The van der Waals surface area contributed by atoms with E-state index in [2.05, 4.69) is 53.5 Å². The van der Waals surface area contributed by atoms with Crippen LogP contribution in [0.5, 0.6) is 0 Å². The number of aromatic nitrogens is 2. The van der Waals surface area contributed by atoms with Gasteiger partial charge in [0.05, 0.1) is 18.3 Å². The van der Waals surface area contributed by atoms with Gasteiger partial charge >= 0.3 is 0 Å². The number of rotatable bonds is 8. The summed E-state index contributed by atoms with van der Waals surface area (Å²) in [6, 6.07) is 26.5. The van der Waals surface area contributed by atoms with Crippen molar-refractivity contribution < 1.29 is 97.2 Å². The number of hydrogen-bond acceptors (Lipinski definition) is 2. The topological polar surface area (TPSA) is 33.8 Å². The molecular formula is C49H19BF20N2O. The number of nitrogens with zero attached hydrogens (tertiary/aromatic N) is 2. The number of halogens is 20. The van der Waals surface area contributed by atoms with Gasteiger partial charge < -0.3 is 0 Å². The van der Waals surface area contributed by atoms with E-state index in [1.54, 1.807) is 6.20 Å². The number of carbonyl (C=O) groups excluding carboxylic acids is 1. The van der Waals surface area contributed by atoms with Crippen LogP contribution in [-0.4, -0.2) is 16.9 Å². The Balaban J connectivity index is 0.000000216. The van der Waals surface area contributed by atoms with Crippen LogP contribution in [0.4, 0.5) is 87.8 Å². The van der Waals surface area contributed by atoms with E-state index in [-0.39, 0.29) is 11.7 Å². The van der Waals surface area contributed by atoms with E-state index in [4.69, 9.17) is 0 Å². The molecule has 1 aromatic heterocycles. The van der Waals surface area contributed by atoms with Crippen molar-refractivity contribution in [3.05, 3.63) is 236 Å². The molecule has 9 rings (SSSR count). The van der Waals surface area contributed by atoms with Crippen molar-refractivity contribution >= 4 is 33.8 Å². The van der Waals surface area contributed by atoms with Crippen molar-refractivity contribution in [1.29, 1.82) is 0 Å². The number of ketones is 1. The minimum absolute atomic E-state index is 0.0738. The van der Waals surface area contributed by atoms with Gasteiger partial charge in [0, 0.05) is 5.56 Å². The van der Waals surface area contributed by atoms with Gasteiger partial charge in [-0.05, 0) is 22.3 Å². The highest BCUT2D eigenvalue weighted by molar-refractivity contribution is 7.20. The summed E-state index contributed by atoms with van der Waals surface area (Å²) in [4.78, 5) is 17.2. The Morgan fingerprint density at radius 3 is 1.01 bits per heavy atom. The minimum atomic E-state index is -7.22. The molecule has 0 radical (unpaired) electrons. The van der Waals surface area contributed by atoms with Crippen LogP contribution in [0, 0.1) is 116 Å². The highest BCUT2D eigenvalue weighted by Gasteiger charge is 2.52. The Hall–Kier alpha value is -8.05. The Morgan fingerprint density at radius 1 is 0.397 bits per heavy atom. The molecule has 0 saturated heterocycles. The van der Waals surface area contributed by atoms with Crippen LogP contribution in [0.15, 0.2) is 97.5 Å². The first-order valence-electron chi connectivity index (χ1n) is 20.4. The second-order valence-corrected chi connectivity index (χ2v) is 15.8. The standard InChI is InChI=1S/C25H19N2O.C24BF20/c28-24(18-8-2-1-3-9-18)17-27-15-14-26-16-23(27)25-21-12-6-4-10-19(21)20-11-5-7-13-22(20)25;26-5-1(6(27)14(35)21(42)13(5)34)25(2-7(28)15(36)22(43)16(37)8(2)29,3-9(30)17(38)23(44)18(39)10(3)31)4-11(32)19(40)24(45)20(41)12(4)33/h1-16,25H,17H2;/q+1;-1. The van der Waals surface area contributed by atoms with Gasteiger partial charge in [-0.1, -0.05) is 78.9 Å². The van der Waals surface area contributed by atoms with Gasteiger partial charge in [0.15, 0.2) is 76.0 Å². The van der Waals surface area contributed by atoms with Crippen molar-refractivity contribution in [3.8, 4) is 11.1 Å². The summed E-state index contributed by atoms with van der Waals surface area (Å²) < 4.78 is 296. The lowest BCUT2D eigenvalue weighted by Gasteiger charge is -2.44. The monoisotopic (exact) mass is 1040 g/mol. The van der Waals surface area contributed by atoms with Gasteiger partial charge in [0.2, 0.25) is 18.0 Å². The molecule has 0 spiro atoms. The number of fused-ring (bicyclic) bond motifs is 3. The molecule has 73 heavy (non-hydrogen) atoms. The van der Waals surface area contributed by atoms with Gasteiger partial charge in [-0.3, -0.25) is 9.78 Å². The predicted molar refractivity (Wildman–Crippen MR) is 217 cm³/mol. The Labute approximate surface area is 395 Å². The molecule has 8 aromatic rings. The van der Waals surface area contributed by atoms with Crippen molar-refractivity contribution in [2.75, 3.05) is 0 Å². The van der Waals surface area contributed by atoms with Crippen LogP contribution in [-0.2, 0) is 6.54 Å². The van der Waals surface area contributed by atoms with E-state index in [9.17, 15) is 57.5 Å². The van der Waals surface area contributed by atoms with Crippen LogP contribution in [0.1, 0.15) is 33.1 Å². The fourth-order valence-electron chi connectivity index (χ4n) is 9.00. The van der Waals surface area contributed by atoms with Crippen LogP contribution in [0.2, 0.25) is 0 Å². The van der Waals surface area contributed by atoms with E-state index in [0.717, 1.165) is 11.3 Å². The zero-order chi connectivity index (χ0) is 53.3. The summed E-state index contributed by atoms with van der Waals surface area (Å²) in [5.74, 6) is -71.2. The fraction of sp³-hybridized carbons (Fsp3) is 0.0408. The normalized spacial score (nSPS) is 12.2. The van der Waals surface area contributed by atoms with Gasteiger partial charge in [-0.15, -0.1) is 21.9 Å². The third kappa shape index (κ3) is 7.84. The van der Waals surface area contributed by atoms with Gasteiger partial charge in [-0.25, -0.2) is 87.8 Å². The summed E-state index contributed by atoms with van der Waals surface area (Å²) in [7, 11) is 0. The first-order valence-corrected chi connectivity index (χ1v) is 20.4. The smallest absolute Gasteiger partial charge is 0.227 e. The molecule has 1 aliphatic rings. The van der Waals surface area contributed by atoms with Crippen LogP contribution in [0.3, 0.4) is 0 Å². The quantitative estimate of drug-likeness (QED) is 0.0380. The third-order valence-corrected chi connectivity index (χ3v) is 12.1. The van der Waals surface area contributed by atoms with E-state index >= 15 is 35.1 Å². The maximum Gasteiger partial charge on any atom is 0.227 e. The van der Waals surface area contributed by atoms with Crippen LogP contribution in [0.25, 0.3) is 11.1 Å². The molecule has 1 heterocycles. The van der Waals surface area contributed by atoms with E-state index in [0.29, 0.717) is 6.54 Å².